The molecular weight excluding hydrogens is 280 g/mol. The van der Waals surface area contributed by atoms with Crippen molar-refractivity contribution in [2.75, 3.05) is 5.32 Å². The van der Waals surface area contributed by atoms with E-state index in [-0.39, 0.29) is 0 Å². The largest absolute Gasteiger partial charge is 0.338 e. The number of rotatable bonds is 2. The first-order chi connectivity index (χ1) is 8.11. The number of nitrogens with zero attached hydrogens (tertiary/aromatic N) is 3. The number of aryl methyl sites for hydroxylation is 2. The van der Waals surface area contributed by atoms with E-state index in [0.29, 0.717) is 5.56 Å². The predicted molar refractivity (Wildman–Crippen MR) is 70.1 cm³/mol. The van der Waals surface area contributed by atoms with Gasteiger partial charge < -0.3 is 5.32 Å². The van der Waals surface area contributed by atoms with Gasteiger partial charge in [0.1, 0.15) is 6.07 Å². The van der Waals surface area contributed by atoms with Crippen LogP contribution >= 0.6 is 15.9 Å². The fourth-order valence-corrected chi connectivity index (χ4v) is 1.96. The van der Waals surface area contributed by atoms with E-state index < -0.39 is 0 Å². The molecule has 86 valence electrons. The van der Waals surface area contributed by atoms with Gasteiger partial charge >= 0.3 is 0 Å². The van der Waals surface area contributed by atoms with Crippen LogP contribution in [0.5, 0.6) is 0 Å². The maximum absolute atomic E-state index is 9.09. The van der Waals surface area contributed by atoms with Gasteiger partial charge in [-0.05, 0) is 35.0 Å². The molecular formula is C12H11BrN4. The molecule has 0 bridgehead atoms. The van der Waals surface area contributed by atoms with Crippen molar-refractivity contribution < 1.29 is 0 Å². The highest BCUT2D eigenvalue weighted by atomic mass is 79.9. The van der Waals surface area contributed by atoms with Crippen LogP contribution in [0.2, 0.25) is 0 Å². The van der Waals surface area contributed by atoms with Crippen LogP contribution in [0.15, 0.2) is 28.7 Å². The highest BCUT2D eigenvalue weighted by Gasteiger charge is 2.08. The Hall–Kier alpha value is -1.80. The minimum absolute atomic E-state index is 0.579. The molecule has 0 atom stereocenters. The van der Waals surface area contributed by atoms with Gasteiger partial charge in [0.2, 0.25) is 0 Å². The van der Waals surface area contributed by atoms with E-state index >= 15 is 0 Å². The average molecular weight is 291 g/mol. The Morgan fingerprint density at radius 1 is 1.47 bits per heavy atom. The Morgan fingerprint density at radius 2 is 2.24 bits per heavy atom. The van der Waals surface area contributed by atoms with Gasteiger partial charge in [-0.15, -0.1) is 0 Å². The molecule has 0 radical (unpaired) electrons. The Balaban J connectivity index is 2.37. The van der Waals surface area contributed by atoms with Crippen molar-refractivity contribution in [3.63, 3.8) is 0 Å². The van der Waals surface area contributed by atoms with Crippen LogP contribution in [0.1, 0.15) is 11.3 Å². The first-order valence-corrected chi connectivity index (χ1v) is 5.87. The van der Waals surface area contributed by atoms with Crippen LogP contribution in [0, 0.1) is 18.3 Å². The van der Waals surface area contributed by atoms with E-state index in [9.17, 15) is 0 Å². The lowest BCUT2D eigenvalue weighted by Crippen LogP contribution is -1.97. The Bertz CT molecular complexity index is 576. The monoisotopic (exact) mass is 290 g/mol. The number of halogens is 1. The molecule has 4 nitrogen and oxygen atoms in total. The molecule has 1 heterocycles. The second-order valence-corrected chi connectivity index (χ2v) is 4.55. The molecule has 0 aliphatic rings. The zero-order valence-corrected chi connectivity index (χ0v) is 11.1. The number of benzene rings is 1. The predicted octanol–water partition coefficient (Wildman–Crippen LogP) is 3.11. The molecule has 1 aromatic carbocycles. The van der Waals surface area contributed by atoms with Gasteiger partial charge in [-0.3, -0.25) is 4.68 Å². The molecule has 17 heavy (non-hydrogen) atoms. The number of nitriles is 1. The summed E-state index contributed by atoms with van der Waals surface area (Å²) in [5.74, 6) is 0.736. The van der Waals surface area contributed by atoms with Crippen LogP contribution in [0.25, 0.3) is 0 Å². The SMILES string of the molecule is Cc1cc(Nc2cccc(Br)c2C#N)nn1C. The van der Waals surface area contributed by atoms with Crippen molar-refractivity contribution in [2.24, 2.45) is 7.05 Å². The smallest absolute Gasteiger partial charge is 0.152 e. The van der Waals surface area contributed by atoms with Gasteiger partial charge in [0, 0.05) is 23.3 Å². The maximum atomic E-state index is 9.09. The van der Waals surface area contributed by atoms with Gasteiger partial charge in [-0.25, -0.2) is 0 Å². The van der Waals surface area contributed by atoms with Gasteiger partial charge in [0.25, 0.3) is 0 Å². The third-order valence-corrected chi connectivity index (χ3v) is 3.16. The number of aromatic nitrogens is 2. The van der Waals surface area contributed by atoms with Crippen molar-refractivity contribution in [1.82, 2.24) is 9.78 Å². The first kappa shape index (κ1) is 11.7. The van der Waals surface area contributed by atoms with Crippen LogP contribution < -0.4 is 5.32 Å². The van der Waals surface area contributed by atoms with E-state index in [2.05, 4.69) is 32.4 Å². The van der Waals surface area contributed by atoms with Crippen molar-refractivity contribution >= 4 is 27.4 Å². The quantitative estimate of drug-likeness (QED) is 0.925. The van der Waals surface area contributed by atoms with E-state index in [1.54, 1.807) is 4.68 Å². The molecule has 1 aromatic heterocycles. The van der Waals surface area contributed by atoms with E-state index in [4.69, 9.17) is 5.26 Å². The van der Waals surface area contributed by atoms with Gasteiger partial charge in [-0.2, -0.15) is 10.4 Å². The van der Waals surface area contributed by atoms with Crippen molar-refractivity contribution in [2.45, 2.75) is 6.92 Å². The van der Waals surface area contributed by atoms with Gasteiger partial charge in [0.15, 0.2) is 5.82 Å². The molecule has 0 saturated heterocycles. The lowest BCUT2D eigenvalue weighted by molar-refractivity contribution is 0.743. The molecule has 0 fully saturated rings. The summed E-state index contributed by atoms with van der Waals surface area (Å²) >= 11 is 3.35. The van der Waals surface area contributed by atoms with E-state index in [1.807, 2.05) is 38.2 Å². The fraction of sp³-hybridized carbons (Fsp3) is 0.167. The standard InChI is InChI=1S/C12H11BrN4/c1-8-6-12(16-17(8)2)15-11-5-3-4-10(13)9(11)7-14/h3-6H,1-2H3,(H,15,16). The Kier molecular flexibility index (Phi) is 3.16. The third-order valence-electron chi connectivity index (χ3n) is 2.50. The summed E-state index contributed by atoms with van der Waals surface area (Å²) < 4.78 is 2.56. The molecule has 0 aliphatic carbocycles. The second kappa shape index (κ2) is 4.60. The number of hydrogen-bond acceptors (Lipinski definition) is 3. The molecule has 0 unspecified atom stereocenters. The molecule has 0 spiro atoms. The lowest BCUT2D eigenvalue weighted by Gasteiger charge is -2.06. The molecule has 2 rings (SSSR count). The van der Waals surface area contributed by atoms with E-state index in [1.165, 1.54) is 0 Å². The molecule has 1 N–H and O–H groups in total. The summed E-state index contributed by atoms with van der Waals surface area (Å²) in [5, 5.41) is 16.5. The summed E-state index contributed by atoms with van der Waals surface area (Å²) in [6, 6.07) is 9.67. The maximum Gasteiger partial charge on any atom is 0.152 e. The summed E-state index contributed by atoms with van der Waals surface area (Å²) in [6.45, 7) is 1.98. The highest BCUT2D eigenvalue weighted by Crippen LogP contribution is 2.26. The number of nitrogens with one attached hydrogen (secondary N) is 1. The molecule has 5 heteroatoms. The second-order valence-electron chi connectivity index (χ2n) is 3.69. The fourth-order valence-electron chi connectivity index (χ4n) is 1.50. The number of anilines is 2. The normalized spacial score (nSPS) is 10.0. The van der Waals surface area contributed by atoms with Crippen LogP contribution in [0.3, 0.4) is 0 Å². The zero-order chi connectivity index (χ0) is 12.4. The molecule has 0 aliphatic heterocycles. The summed E-state index contributed by atoms with van der Waals surface area (Å²) in [7, 11) is 1.88. The molecule has 0 amide bonds. The number of hydrogen-bond donors (Lipinski definition) is 1. The Labute approximate surface area is 108 Å². The summed E-state index contributed by atoms with van der Waals surface area (Å²) in [4.78, 5) is 0. The van der Waals surface area contributed by atoms with Crippen molar-refractivity contribution in [3.8, 4) is 6.07 Å². The van der Waals surface area contributed by atoms with Crippen molar-refractivity contribution in [3.05, 3.63) is 40.0 Å². The first-order valence-electron chi connectivity index (χ1n) is 5.08. The highest BCUT2D eigenvalue weighted by molar-refractivity contribution is 9.10. The molecule has 0 saturated carbocycles. The van der Waals surface area contributed by atoms with Gasteiger partial charge in [0.05, 0.1) is 11.3 Å². The van der Waals surface area contributed by atoms with Crippen molar-refractivity contribution in [1.29, 1.82) is 5.26 Å². The van der Waals surface area contributed by atoms with E-state index in [0.717, 1.165) is 21.7 Å². The summed E-state index contributed by atoms with van der Waals surface area (Å²) in [6.07, 6.45) is 0. The zero-order valence-electron chi connectivity index (χ0n) is 9.53. The van der Waals surface area contributed by atoms with Crippen LogP contribution in [-0.4, -0.2) is 9.78 Å². The average Bonchev–Trinajstić information content (AvgIpc) is 2.58. The molecule has 2 aromatic rings. The van der Waals surface area contributed by atoms with Crippen LogP contribution in [0.4, 0.5) is 11.5 Å². The topological polar surface area (TPSA) is 53.6 Å². The van der Waals surface area contributed by atoms with Crippen LogP contribution in [-0.2, 0) is 7.05 Å². The third kappa shape index (κ3) is 2.32. The van der Waals surface area contributed by atoms with Gasteiger partial charge in [-0.1, -0.05) is 6.07 Å². The summed E-state index contributed by atoms with van der Waals surface area (Å²) in [5.41, 5.74) is 2.39. The Morgan fingerprint density at radius 3 is 2.82 bits per heavy atom. The minimum atomic E-state index is 0.579. The lowest BCUT2D eigenvalue weighted by atomic mass is 10.2. The minimum Gasteiger partial charge on any atom is -0.338 e.